The van der Waals surface area contributed by atoms with E-state index < -0.39 is 0 Å². The lowest BCUT2D eigenvalue weighted by molar-refractivity contribution is 0.350. The Hall–Kier alpha value is -0.960. The van der Waals surface area contributed by atoms with E-state index in [1.807, 2.05) is 0 Å². The van der Waals surface area contributed by atoms with Gasteiger partial charge in [-0.3, -0.25) is 0 Å². The molecule has 0 heterocycles. The molecule has 0 fully saturated rings. The van der Waals surface area contributed by atoms with Crippen LogP contribution in [0, 0.1) is 23.7 Å². The second-order valence-corrected chi connectivity index (χ2v) is 2.23. The Morgan fingerprint density at radius 1 is 0.667 bits per heavy atom. The third kappa shape index (κ3) is 9.04. The van der Waals surface area contributed by atoms with Crippen molar-refractivity contribution in [2.24, 2.45) is 0 Å². The molecule has 2 nitrogen and oxygen atoms in total. The maximum atomic E-state index is 8.32. The highest BCUT2D eigenvalue weighted by Gasteiger charge is 1.81. The Morgan fingerprint density at radius 2 is 1.08 bits per heavy atom. The van der Waals surface area contributed by atoms with E-state index in [-0.39, 0.29) is 13.2 Å². The molecule has 0 saturated carbocycles. The van der Waals surface area contributed by atoms with Crippen molar-refractivity contribution in [3.63, 3.8) is 0 Å². The lowest BCUT2D eigenvalue weighted by Gasteiger charge is -1.88. The lowest BCUT2D eigenvalue weighted by atomic mass is 10.2. The third-order valence-corrected chi connectivity index (χ3v) is 1.26. The zero-order chi connectivity index (χ0) is 9.07. The topological polar surface area (TPSA) is 40.5 Å². The van der Waals surface area contributed by atoms with Crippen LogP contribution in [-0.4, -0.2) is 23.4 Å². The van der Waals surface area contributed by atoms with Crippen LogP contribution < -0.4 is 0 Å². The number of hydrogen-bond acceptors (Lipinski definition) is 2. The van der Waals surface area contributed by atoms with Crippen LogP contribution in [0.3, 0.4) is 0 Å². The van der Waals surface area contributed by atoms with Crippen molar-refractivity contribution in [2.75, 3.05) is 13.2 Å². The van der Waals surface area contributed by atoms with Gasteiger partial charge in [0.15, 0.2) is 0 Å². The van der Waals surface area contributed by atoms with Gasteiger partial charge in [-0.15, -0.1) is 11.8 Å². The SMILES string of the molecule is OCC#CCCCCC#CCO. The fourth-order valence-electron chi connectivity index (χ4n) is 0.715. The molecule has 0 aromatic heterocycles. The monoisotopic (exact) mass is 166 g/mol. The minimum Gasteiger partial charge on any atom is -0.384 e. The van der Waals surface area contributed by atoms with Crippen molar-refractivity contribution in [1.82, 2.24) is 0 Å². The van der Waals surface area contributed by atoms with E-state index in [0.717, 1.165) is 25.7 Å². The molecular weight excluding hydrogens is 152 g/mol. The predicted molar refractivity (Wildman–Crippen MR) is 48.2 cm³/mol. The number of rotatable bonds is 3. The molecule has 0 bridgehead atoms. The van der Waals surface area contributed by atoms with E-state index in [9.17, 15) is 0 Å². The lowest BCUT2D eigenvalue weighted by Crippen LogP contribution is -1.76. The summed E-state index contributed by atoms with van der Waals surface area (Å²) in [7, 11) is 0. The Kier molecular flexibility index (Phi) is 9.24. The maximum Gasteiger partial charge on any atom is 0.104 e. The number of aliphatic hydroxyl groups is 2. The van der Waals surface area contributed by atoms with Crippen molar-refractivity contribution in [2.45, 2.75) is 25.7 Å². The summed E-state index contributed by atoms with van der Waals surface area (Å²) in [5.74, 6) is 10.8. The van der Waals surface area contributed by atoms with E-state index in [4.69, 9.17) is 10.2 Å². The van der Waals surface area contributed by atoms with Crippen LogP contribution in [0.1, 0.15) is 25.7 Å². The van der Waals surface area contributed by atoms with Crippen LogP contribution in [0.4, 0.5) is 0 Å². The molecule has 0 radical (unpaired) electrons. The first-order valence-electron chi connectivity index (χ1n) is 4.05. The van der Waals surface area contributed by atoms with Gasteiger partial charge in [-0.25, -0.2) is 0 Å². The van der Waals surface area contributed by atoms with Crippen LogP contribution in [0.2, 0.25) is 0 Å². The first kappa shape index (κ1) is 11.0. The van der Waals surface area contributed by atoms with Gasteiger partial charge in [0.05, 0.1) is 0 Å². The van der Waals surface area contributed by atoms with Gasteiger partial charge in [0.25, 0.3) is 0 Å². The predicted octanol–water partition coefficient (Wildman–Crippen LogP) is 0.538. The van der Waals surface area contributed by atoms with Gasteiger partial charge in [-0.1, -0.05) is 11.8 Å². The molecule has 0 aliphatic rings. The summed E-state index contributed by atoms with van der Waals surface area (Å²) in [4.78, 5) is 0. The highest BCUT2D eigenvalue weighted by atomic mass is 16.3. The summed E-state index contributed by atoms with van der Waals surface area (Å²) in [6.07, 6.45) is 3.66. The first-order valence-corrected chi connectivity index (χ1v) is 4.05. The second-order valence-electron chi connectivity index (χ2n) is 2.23. The van der Waals surface area contributed by atoms with Crippen molar-refractivity contribution in [3.05, 3.63) is 0 Å². The summed E-state index contributed by atoms with van der Waals surface area (Å²) in [6.45, 7) is -0.103. The smallest absolute Gasteiger partial charge is 0.104 e. The molecule has 0 atom stereocenters. The molecule has 66 valence electrons. The summed E-state index contributed by atoms with van der Waals surface area (Å²) in [5.41, 5.74) is 0. The summed E-state index contributed by atoms with van der Waals surface area (Å²) >= 11 is 0. The number of hydrogen-bond donors (Lipinski definition) is 2. The Bertz CT molecular complexity index is 175. The first-order chi connectivity index (χ1) is 5.91. The van der Waals surface area contributed by atoms with Gasteiger partial charge in [0, 0.05) is 12.8 Å². The van der Waals surface area contributed by atoms with E-state index in [1.54, 1.807) is 0 Å². The highest BCUT2D eigenvalue weighted by Crippen LogP contribution is 1.96. The van der Waals surface area contributed by atoms with Crippen molar-refractivity contribution >= 4 is 0 Å². The zero-order valence-corrected chi connectivity index (χ0v) is 7.14. The summed E-state index contributed by atoms with van der Waals surface area (Å²) in [6, 6.07) is 0. The van der Waals surface area contributed by atoms with Crippen LogP contribution in [0.25, 0.3) is 0 Å². The number of unbranched alkanes of at least 4 members (excludes halogenated alkanes) is 3. The molecule has 0 unspecified atom stereocenters. The molecule has 12 heavy (non-hydrogen) atoms. The van der Waals surface area contributed by atoms with E-state index in [1.165, 1.54) is 0 Å². The standard InChI is InChI=1S/C10H14O2/c11-9-7-5-3-1-2-4-6-8-10-12/h11-12H,1-4,9-10H2. The zero-order valence-electron chi connectivity index (χ0n) is 7.14. The normalized spacial score (nSPS) is 7.83. The molecule has 0 aromatic rings. The molecular formula is C10H14O2. The van der Waals surface area contributed by atoms with Crippen molar-refractivity contribution in [3.8, 4) is 23.7 Å². The Labute approximate surface area is 73.6 Å². The quantitative estimate of drug-likeness (QED) is 0.474. The Morgan fingerprint density at radius 3 is 1.42 bits per heavy atom. The van der Waals surface area contributed by atoms with Gasteiger partial charge in [0.1, 0.15) is 13.2 Å². The molecule has 2 heteroatoms. The molecule has 0 aliphatic carbocycles. The van der Waals surface area contributed by atoms with E-state index >= 15 is 0 Å². The molecule has 2 N–H and O–H groups in total. The van der Waals surface area contributed by atoms with Crippen molar-refractivity contribution < 1.29 is 10.2 Å². The van der Waals surface area contributed by atoms with Crippen molar-refractivity contribution in [1.29, 1.82) is 0 Å². The highest BCUT2D eigenvalue weighted by molar-refractivity contribution is 5.00. The molecule has 0 spiro atoms. The number of aliphatic hydroxyl groups excluding tert-OH is 2. The van der Waals surface area contributed by atoms with Gasteiger partial charge >= 0.3 is 0 Å². The fraction of sp³-hybridized carbons (Fsp3) is 0.600. The second kappa shape index (κ2) is 10.0. The van der Waals surface area contributed by atoms with E-state index in [2.05, 4.69) is 23.7 Å². The Balaban J connectivity index is 3.11. The van der Waals surface area contributed by atoms with E-state index in [0.29, 0.717) is 0 Å². The van der Waals surface area contributed by atoms with Gasteiger partial charge < -0.3 is 10.2 Å². The molecule has 0 amide bonds. The molecule has 0 rings (SSSR count). The fourth-order valence-corrected chi connectivity index (χ4v) is 0.715. The largest absolute Gasteiger partial charge is 0.384 e. The van der Waals surface area contributed by atoms with Gasteiger partial charge in [-0.05, 0) is 12.8 Å². The minimum absolute atomic E-state index is 0.0513. The third-order valence-electron chi connectivity index (χ3n) is 1.26. The van der Waals surface area contributed by atoms with Crippen LogP contribution in [0.15, 0.2) is 0 Å². The van der Waals surface area contributed by atoms with Crippen LogP contribution in [-0.2, 0) is 0 Å². The van der Waals surface area contributed by atoms with Gasteiger partial charge in [0.2, 0.25) is 0 Å². The van der Waals surface area contributed by atoms with Gasteiger partial charge in [-0.2, -0.15) is 0 Å². The average Bonchev–Trinajstić information content (AvgIpc) is 2.10. The molecule has 0 aromatic carbocycles. The maximum absolute atomic E-state index is 8.32. The van der Waals surface area contributed by atoms with Crippen LogP contribution >= 0.6 is 0 Å². The minimum atomic E-state index is -0.0513. The molecule has 0 aliphatic heterocycles. The average molecular weight is 166 g/mol. The van der Waals surface area contributed by atoms with Crippen LogP contribution in [0.5, 0.6) is 0 Å². The summed E-state index contributed by atoms with van der Waals surface area (Å²) < 4.78 is 0. The summed E-state index contributed by atoms with van der Waals surface area (Å²) in [5, 5.41) is 16.6. The molecule has 0 saturated heterocycles.